The molecule has 0 radical (unpaired) electrons. The first-order valence-electron chi connectivity index (χ1n) is 11.8. The topological polar surface area (TPSA) is 81.4 Å². The number of carbonyl (C=O) groups is 1. The molecule has 1 N–H and O–H groups in total. The maximum atomic E-state index is 13.9. The lowest BCUT2D eigenvalue weighted by Crippen LogP contribution is -2.20. The van der Waals surface area contributed by atoms with Crippen molar-refractivity contribution in [3.8, 4) is 22.8 Å². The Morgan fingerprint density at radius 1 is 1.11 bits per heavy atom. The summed E-state index contributed by atoms with van der Waals surface area (Å²) >= 11 is 4.52. The van der Waals surface area contributed by atoms with Crippen LogP contribution in [0.5, 0.6) is 5.75 Å². The number of methoxy groups -OCH3 is 1. The summed E-state index contributed by atoms with van der Waals surface area (Å²) in [4.78, 5) is 12.5. The van der Waals surface area contributed by atoms with Crippen LogP contribution in [0.2, 0.25) is 0 Å². The molecule has 0 spiro atoms. The third-order valence-corrected chi connectivity index (χ3v) is 7.08. The third-order valence-electron chi connectivity index (χ3n) is 5.66. The van der Waals surface area contributed by atoms with Crippen molar-refractivity contribution in [1.29, 1.82) is 0 Å². The highest BCUT2D eigenvalue weighted by molar-refractivity contribution is 9.10. The number of nitrogens with one attached hydrogen (secondary N) is 1. The lowest BCUT2D eigenvalue weighted by molar-refractivity contribution is -0.118. The minimum absolute atomic E-state index is 0.0296. The van der Waals surface area contributed by atoms with Crippen LogP contribution in [0.15, 0.2) is 81.5 Å². The van der Waals surface area contributed by atoms with Gasteiger partial charge in [-0.25, -0.2) is 9.82 Å². The summed E-state index contributed by atoms with van der Waals surface area (Å²) in [6.45, 7) is 6.50. The maximum absolute atomic E-state index is 13.9. The number of thioether (sulfide) groups is 1. The summed E-state index contributed by atoms with van der Waals surface area (Å²) in [5, 5.41) is 13.2. The Morgan fingerprint density at radius 3 is 2.47 bits per heavy atom. The Labute approximate surface area is 233 Å². The van der Waals surface area contributed by atoms with Crippen molar-refractivity contribution in [3.63, 3.8) is 0 Å². The number of amides is 1. The van der Waals surface area contributed by atoms with Gasteiger partial charge in [-0.3, -0.25) is 9.36 Å². The van der Waals surface area contributed by atoms with Crippen LogP contribution in [0.4, 0.5) is 4.39 Å². The van der Waals surface area contributed by atoms with Gasteiger partial charge in [-0.2, -0.15) is 5.10 Å². The summed E-state index contributed by atoms with van der Waals surface area (Å²) in [7, 11) is 1.61. The molecule has 4 aromatic rings. The molecule has 0 saturated heterocycles. The number of nitrogens with zero attached hydrogens (tertiary/aromatic N) is 4. The van der Waals surface area contributed by atoms with Crippen LogP contribution in [0.25, 0.3) is 17.1 Å². The quantitative estimate of drug-likeness (QED) is 0.145. The van der Waals surface area contributed by atoms with Gasteiger partial charge >= 0.3 is 0 Å². The van der Waals surface area contributed by atoms with E-state index in [1.807, 2.05) is 41.0 Å². The SMILES string of the molecule is COc1ccc(-n2c(SCC(=O)NN=Cc3cc(Br)ccc3F)nnc2-c2ccc(C(C)(C)C)cc2)cc1. The molecule has 0 unspecified atom stereocenters. The van der Waals surface area contributed by atoms with Gasteiger partial charge in [0.1, 0.15) is 11.6 Å². The average Bonchev–Trinajstić information content (AvgIpc) is 3.33. The molecule has 0 saturated carbocycles. The van der Waals surface area contributed by atoms with Crippen molar-refractivity contribution in [1.82, 2.24) is 20.2 Å². The second-order valence-corrected chi connectivity index (χ2v) is 11.3. The standard InChI is InChI=1S/C28H27BrFN5O2S/c1-28(2,3)20-7-5-18(6-8-20)26-33-34-27(35(26)22-10-12-23(37-4)13-11-22)38-17-25(36)32-31-16-19-15-21(29)9-14-24(19)30/h5-16H,17H2,1-4H3,(H,32,36). The van der Waals surface area contributed by atoms with Crippen LogP contribution < -0.4 is 10.2 Å². The van der Waals surface area contributed by atoms with Gasteiger partial charge < -0.3 is 4.74 Å². The predicted octanol–water partition coefficient (Wildman–Crippen LogP) is 6.38. The number of aromatic nitrogens is 3. The highest BCUT2D eigenvalue weighted by atomic mass is 79.9. The van der Waals surface area contributed by atoms with Crippen molar-refractivity contribution in [2.45, 2.75) is 31.3 Å². The van der Waals surface area contributed by atoms with Crippen molar-refractivity contribution >= 4 is 39.8 Å². The molecular formula is C28H27BrFN5O2S. The molecule has 0 fully saturated rings. The molecule has 38 heavy (non-hydrogen) atoms. The largest absolute Gasteiger partial charge is 0.497 e. The minimum Gasteiger partial charge on any atom is -0.497 e. The van der Waals surface area contributed by atoms with Crippen molar-refractivity contribution in [3.05, 3.63) is 88.1 Å². The second kappa shape index (κ2) is 11.9. The molecular weight excluding hydrogens is 569 g/mol. The fourth-order valence-corrected chi connectivity index (χ4v) is 4.71. The molecule has 0 atom stereocenters. The van der Waals surface area contributed by atoms with Crippen LogP contribution in [0.3, 0.4) is 0 Å². The van der Waals surface area contributed by atoms with Gasteiger partial charge in [-0.05, 0) is 53.4 Å². The number of hydrogen-bond donors (Lipinski definition) is 1. The Morgan fingerprint density at radius 2 is 1.82 bits per heavy atom. The van der Waals surface area contributed by atoms with E-state index in [4.69, 9.17) is 4.74 Å². The molecule has 4 rings (SSSR count). The summed E-state index contributed by atoms with van der Waals surface area (Å²) < 4.78 is 21.8. The summed E-state index contributed by atoms with van der Waals surface area (Å²) in [6.07, 6.45) is 1.27. The Kier molecular flexibility index (Phi) is 8.63. The molecule has 1 aromatic heterocycles. The first kappa shape index (κ1) is 27.5. The average molecular weight is 597 g/mol. The van der Waals surface area contributed by atoms with Gasteiger partial charge in [0.25, 0.3) is 5.91 Å². The molecule has 1 amide bonds. The zero-order valence-corrected chi connectivity index (χ0v) is 23.8. The first-order chi connectivity index (χ1) is 18.2. The fourth-order valence-electron chi connectivity index (χ4n) is 3.58. The lowest BCUT2D eigenvalue weighted by atomic mass is 9.87. The molecule has 0 aliphatic rings. The summed E-state index contributed by atoms with van der Waals surface area (Å²) in [6, 6.07) is 20.3. The van der Waals surface area contributed by atoms with Crippen LogP contribution in [-0.4, -0.2) is 39.7 Å². The predicted molar refractivity (Wildman–Crippen MR) is 153 cm³/mol. The van der Waals surface area contributed by atoms with Gasteiger partial charge in [-0.1, -0.05) is 72.7 Å². The molecule has 3 aromatic carbocycles. The van der Waals surface area contributed by atoms with E-state index in [9.17, 15) is 9.18 Å². The summed E-state index contributed by atoms with van der Waals surface area (Å²) in [5.41, 5.74) is 5.67. The van der Waals surface area contributed by atoms with E-state index >= 15 is 0 Å². The number of benzene rings is 3. The van der Waals surface area contributed by atoms with Gasteiger partial charge in [0.15, 0.2) is 11.0 Å². The lowest BCUT2D eigenvalue weighted by Gasteiger charge is -2.19. The Bertz CT molecular complexity index is 1450. The van der Waals surface area contributed by atoms with E-state index < -0.39 is 5.82 Å². The molecule has 7 nitrogen and oxygen atoms in total. The van der Waals surface area contributed by atoms with Gasteiger partial charge in [0.05, 0.1) is 19.1 Å². The van der Waals surface area contributed by atoms with Crippen LogP contribution in [0.1, 0.15) is 31.9 Å². The maximum Gasteiger partial charge on any atom is 0.250 e. The van der Waals surface area contributed by atoms with Gasteiger partial charge in [-0.15, -0.1) is 10.2 Å². The normalized spacial score (nSPS) is 11.6. The van der Waals surface area contributed by atoms with Crippen molar-refractivity contribution in [2.75, 3.05) is 12.9 Å². The van der Waals surface area contributed by atoms with E-state index in [0.717, 1.165) is 17.0 Å². The first-order valence-corrected chi connectivity index (χ1v) is 13.5. The Hall–Kier alpha value is -3.50. The van der Waals surface area contributed by atoms with Gasteiger partial charge in [0, 0.05) is 21.3 Å². The minimum atomic E-state index is -0.434. The summed E-state index contributed by atoms with van der Waals surface area (Å²) in [5.74, 6) is 0.626. The number of hydrogen-bond acceptors (Lipinski definition) is 6. The van der Waals surface area contributed by atoms with Crippen LogP contribution in [-0.2, 0) is 10.2 Å². The van der Waals surface area contributed by atoms with Crippen molar-refractivity contribution < 1.29 is 13.9 Å². The smallest absolute Gasteiger partial charge is 0.250 e. The number of hydrazone groups is 1. The Balaban J connectivity index is 1.55. The molecule has 0 aliphatic carbocycles. The number of halogens is 2. The molecule has 0 bridgehead atoms. The van der Waals surface area contributed by atoms with Crippen LogP contribution in [0, 0.1) is 5.82 Å². The highest BCUT2D eigenvalue weighted by Gasteiger charge is 2.19. The number of rotatable bonds is 8. The zero-order valence-electron chi connectivity index (χ0n) is 21.4. The molecule has 196 valence electrons. The number of carbonyl (C=O) groups excluding carboxylic acids is 1. The monoisotopic (exact) mass is 595 g/mol. The van der Waals surface area contributed by atoms with E-state index in [1.165, 1.54) is 29.6 Å². The molecule has 1 heterocycles. The number of ether oxygens (including phenoxy) is 1. The molecule has 0 aliphatic heterocycles. The zero-order chi connectivity index (χ0) is 27.3. The van der Waals surface area contributed by atoms with Gasteiger partial charge in [0.2, 0.25) is 0 Å². The van der Waals surface area contributed by atoms with E-state index in [2.05, 4.69) is 69.6 Å². The van der Waals surface area contributed by atoms with E-state index in [0.29, 0.717) is 15.5 Å². The van der Waals surface area contributed by atoms with Crippen LogP contribution >= 0.6 is 27.7 Å². The highest BCUT2D eigenvalue weighted by Crippen LogP contribution is 2.30. The van der Waals surface area contributed by atoms with Crippen molar-refractivity contribution in [2.24, 2.45) is 5.10 Å². The third kappa shape index (κ3) is 6.68. The van der Waals surface area contributed by atoms with E-state index in [-0.39, 0.29) is 22.6 Å². The van der Waals surface area contributed by atoms with E-state index in [1.54, 1.807) is 19.2 Å². The fraction of sp³-hybridized carbons (Fsp3) is 0.214. The molecule has 10 heteroatoms. The second-order valence-electron chi connectivity index (χ2n) is 9.41.